The fourth-order valence-corrected chi connectivity index (χ4v) is 2.21. The molecule has 1 rings (SSSR count). The summed E-state index contributed by atoms with van der Waals surface area (Å²) < 4.78 is 0. The summed E-state index contributed by atoms with van der Waals surface area (Å²) in [4.78, 5) is 13.0. The number of hydrogen-bond donors (Lipinski definition) is 2. The van der Waals surface area contributed by atoms with Gasteiger partial charge in [0.1, 0.15) is 0 Å². The number of unbranched alkanes of at least 4 members (excludes halogenated alkanes) is 1. The maximum Gasteiger partial charge on any atom is 0.236 e. The minimum Gasteiger partial charge on any atom is -0.355 e. The second-order valence-electron chi connectivity index (χ2n) is 4.15. The summed E-state index contributed by atoms with van der Waals surface area (Å²) >= 11 is 1.76. The first-order valence-electron chi connectivity index (χ1n) is 6.27. The van der Waals surface area contributed by atoms with Crippen LogP contribution in [0.2, 0.25) is 0 Å². The van der Waals surface area contributed by atoms with E-state index in [0.29, 0.717) is 0 Å². The van der Waals surface area contributed by atoms with Crippen molar-refractivity contribution < 1.29 is 4.79 Å². The molecule has 1 atom stereocenters. The zero-order chi connectivity index (χ0) is 12.5. The Labute approximate surface area is 108 Å². The Morgan fingerprint density at radius 2 is 2.29 bits per heavy atom. The van der Waals surface area contributed by atoms with E-state index in [1.54, 1.807) is 11.3 Å². The Bertz CT molecular complexity index is 311. The Hall–Kier alpha value is -0.870. The van der Waals surface area contributed by atoms with E-state index in [2.05, 4.69) is 35.1 Å². The van der Waals surface area contributed by atoms with Gasteiger partial charge in [-0.1, -0.05) is 19.4 Å². The molecule has 1 aromatic rings. The zero-order valence-electron chi connectivity index (χ0n) is 10.7. The van der Waals surface area contributed by atoms with Gasteiger partial charge in [-0.15, -0.1) is 11.3 Å². The summed E-state index contributed by atoms with van der Waals surface area (Å²) in [7, 11) is 0. The molecule has 0 bridgehead atoms. The molecule has 0 saturated carbocycles. The fourth-order valence-electron chi connectivity index (χ4n) is 1.50. The molecule has 0 aliphatic carbocycles. The monoisotopic (exact) mass is 254 g/mol. The van der Waals surface area contributed by atoms with Crippen molar-refractivity contribution in [1.82, 2.24) is 10.6 Å². The van der Waals surface area contributed by atoms with Crippen LogP contribution in [0.1, 0.15) is 31.6 Å². The van der Waals surface area contributed by atoms with Gasteiger partial charge in [-0.2, -0.15) is 0 Å². The normalized spacial score (nSPS) is 12.4. The van der Waals surface area contributed by atoms with Crippen molar-refractivity contribution in [1.29, 1.82) is 0 Å². The highest BCUT2D eigenvalue weighted by molar-refractivity contribution is 7.09. The molecule has 3 nitrogen and oxygen atoms in total. The SMILES string of the molecule is CCCCNC(=O)C(C)NCCc1cccs1. The molecular weight excluding hydrogens is 232 g/mol. The average molecular weight is 254 g/mol. The van der Waals surface area contributed by atoms with Crippen molar-refractivity contribution >= 4 is 17.2 Å². The van der Waals surface area contributed by atoms with E-state index < -0.39 is 0 Å². The van der Waals surface area contributed by atoms with Gasteiger partial charge in [0.05, 0.1) is 6.04 Å². The van der Waals surface area contributed by atoms with Gasteiger partial charge in [-0.25, -0.2) is 0 Å². The minimum absolute atomic E-state index is 0.102. The van der Waals surface area contributed by atoms with E-state index in [1.165, 1.54) is 4.88 Å². The number of amides is 1. The molecule has 1 heterocycles. The summed E-state index contributed by atoms with van der Waals surface area (Å²) in [5, 5.41) is 8.25. The Morgan fingerprint density at radius 3 is 2.94 bits per heavy atom. The highest BCUT2D eigenvalue weighted by atomic mass is 32.1. The molecule has 4 heteroatoms. The summed E-state index contributed by atoms with van der Waals surface area (Å²) in [5.41, 5.74) is 0. The zero-order valence-corrected chi connectivity index (χ0v) is 11.5. The maximum absolute atomic E-state index is 11.6. The number of carbonyl (C=O) groups is 1. The lowest BCUT2D eigenvalue weighted by Crippen LogP contribution is -2.43. The molecule has 96 valence electrons. The van der Waals surface area contributed by atoms with Crippen LogP contribution < -0.4 is 10.6 Å². The molecule has 0 saturated heterocycles. The first-order chi connectivity index (χ1) is 8.24. The first kappa shape index (κ1) is 14.2. The summed E-state index contributed by atoms with van der Waals surface area (Å²) in [6.07, 6.45) is 3.15. The van der Waals surface area contributed by atoms with Crippen LogP contribution >= 0.6 is 11.3 Å². The van der Waals surface area contributed by atoms with Crippen LogP contribution in [0.4, 0.5) is 0 Å². The summed E-state index contributed by atoms with van der Waals surface area (Å²) in [6.45, 7) is 5.67. The van der Waals surface area contributed by atoms with E-state index in [1.807, 2.05) is 6.92 Å². The Balaban J connectivity index is 2.11. The van der Waals surface area contributed by atoms with Crippen LogP contribution in [0.15, 0.2) is 17.5 Å². The molecule has 2 N–H and O–H groups in total. The fraction of sp³-hybridized carbons (Fsp3) is 0.615. The Kier molecular flexibility index (Phi) is 6.89. The van der Waals surface area contributed by atoms with Gasteiger partial charge in [-0.3, -0.25) is 4.79 Å². The van der Waals surface area contributed by atoms with Crippen molar-refractivity contribution in [2.45, 2.75) is 39.2 Å². The van der Waals surface area contributed by atoms with Crippen LogP contribution in [0, 0.1) is 0 Å². The highest BCUT2D eigenvalue weighted by Gasteiger charge is 2.10. The van der Waals surface area contributed by atoms with Crippen LogP contribution in [0.25, 0.3) is 0 Å². The molecule has 1 amide bonds. The van der Waals surface area contributed by atoms with Crippen LogP contribution in [0.5, 0.6) is 0 Å². The molecule has 0 aromatic carbocycles. The molecular formula is C13H22N2OS. The van der Waals surface area contributed by atoms with Crippen LogP contribution in [0.3, 0.4) is 0 Å². The standard InChI is InChI=1S/C13H22N2OS/c1-3-4-8-15-13(16)11(2)14-9-7-12-6-5-10-17-12/h5-6,10-11,14H,3-4,7-9H2,1-2H3,(H,15,16). The van der Waals surface area contributed by atoms with Gasteiger partial charge < -0.3 is 10.6 Å². The van der Waals surface area contributed by atoms with E-state index in [0.717, 1.165) is 32.4 Å². The van der Waals surface area contributed by atoms with E-state index in [4.69, 9.17) is 0 Å². The number of nitrogens with one attached hydrogen (secondary N) is 2. The van der Waals surface area contributed by atoms with Crippen molar-refractivity contribution in [3.05, 3.63) is 22.4 Å². The average Bonchev–Trinajstić information content (AvgIpc) is 2.82. The lowest BCUT2D eigenvalue weighted by Gasteiger charge is -2.13. The minimum atomic E-state index is -0.105. The van der Waals surface area contributed by atoms with Gasteiger partial charge in [-0.05, 0) is 31.2 Å². The van der Waals surface area contributed by atoms with Crippen molar-refractivity contribution in [2.75, 3.05) is 13.1 Å². The lowest BCUT2D eigenvalue weighted by molar-refractivity contribution is -0.122. The third-order valence-electron chi connectivity index (χ3n) is 2.62. The van der Waals surface area contributed by atoms with Gasteiger partial charge in [0.25, 0.3) is 0 Å². The van der Waals surface area contributed by atoms with Crippen molar-refractivity contribution in [3.63, 3.8) is 0 Å². The van der Waals surface area contributed by atoms with Gasteiger partial charge >= 0.3 is 0 Å². The van der Waals surface area contributed by atoms with Crippen LogP contribution in [-0.4, -0.2) is 25.0 Å². The number of rotatable bonds is 8. The molecule has 1 aromatic heterocycles. The third-order valence-corrected chi connectivity index (χ3v) is 3.56. The maximum atomic E-state index is 11.6. The smallest absolute Gasteiger partial charge is 0.236 e. The third kappa shape index (κ3) is 5.84. The largest absolute Gasteiger partial charge is 0.355 e. The van der Waals surface area contributed by atoms with Crippen LogP contribution in [-0.2, 0) is 11.2 Å². The van der Waals surface area contributed by atoms with Crippen molar-refractivity contribution in [2.24, 2.45) is 0 Å². The van der Waals surface area contributed by atoms with Gasteiger partial charge in [0.15, 0.2) is 0 Å². The van der Waals surface area contributed by atoms with Gasteiger partial charge in [0.2, 0.25) is 5.91 Å². The quantitative estimate of drug-likeness (QED) is 0.698. The first-order valence-corrected chi connectivity index (χ1v) is 7.15. The second kappa shape index (κ2) is 8.25. The summed E-state index contributed by atoms with van der Waals surface area (Å²) in [5.74, 6) is 0.102. The number of thiophene rings is 1. The highest BCUT2D eigenvalue weighted by Crippen LogP contribution is 2.08. The second-order valence-corrected chi connectivity index (χ2v) is 5.18. The lowest BCUT2D eigenvalue weighted by atomic mass is 10.2. The molecule has 0 fully saturated rings. The number of carbonyl (C=O) groups excluding carboxylic acids is 1. The molecule has 17 heavy (non-hydrogen) atoms. The van der Waals surface area contributed by atoms with Gasteiger partial charge in [0, 0.05) is 18.0 Å². The molecule has 0 aliphatic rings. The molecule has 0 spiro atoms. The topological polar surface area (TPSA) is 41.1 Å². The Morgan fingerprint density at radius 1 is 1.47 bits per heavy atom. The molecule has 0 radical (unpaired) electrons. The van der Waals surface area contributed by atoms with E-state index in [9.17, 15) is 4.79 Å². The van der Waals surface area contributed by atoms with E-state index >= 15 is 0 Å². The predicted molar refractivity (Wildman–Crippen MR) is 73.4 cm³/mol. The summed E-state index contributed by atoms with van der Waals surface area (Å²) in [6, 6.07) is 4.07. The predicted octanol–water partition coefficient (Wildman–Crippen LogP) is 2.18. The number of hydrogen-bond acceptors (Lipinski definition) is 3. The molecule has 0 aliphatic heterocycles. The molecule has 1 unspecified atom stereocenters. The van der Waals surface area contributed by atoms with Crippen molar-refractivity contribution in [3.8, 4) is 0 Å². The van der Waals surface area contributed by atoms with E-state index in [-0.39, 0.29) is 11.9 Å².